The molecule has 14 aromatic rings. The Labute approximate surface area is 380 Å². The lowest BCUT2D eigenvalue weighted by atomic mass is 9.99. The van der Waals surface area contributed by atoms with Crippen molar-refractivity contribution in [1.29, 1.82) is 0 Å². The van der Waals surface area contributed by atoms with Gasteiger partial charge in [0.25, 0.3) is 0 Å². The second kappa shape index (κ2) is 13.8. The molecule has 6 heteroatoms. The van der Waals surface area contributed by atoms with Gasteiger partial charge in [0.05, 0.1) is 18.8 Å². The maximum absolute atomic E-state index is 2.41. The molecule has 0 aliphatic heterocycles. The van der Waals surface area contributed by atoms with Gasteiger partial charge in [0.1, 0.15) is 0 Å². The van der Waals surface area contributed by atoms with Crippen molar-refractivity contribution in [3.8, 4) is 55.6 Å². The van der Waals surface area contributed by atoms with E-state index in [1.165, 1.54) is 135 Å². The zero-order valence-electron chi connectivity index (χ0n) is 32.8. The molecule has 0 amide bonds. The minimum Gasteiger partial charge on any atom is -0.143 e. The number of benzene rings is 8. The molecule has 0 unspecified atom stereocenters. The van der Waals surface area contributed by atoms with E-state index >= 15 is 0 Å². The molecule has 0 aliphatic carbocycles. The molecule has 0 saturated carbocycles. The SMILES string of the molecule is c1ccc2c(-c3ccc(-c4ccc5c(c4)sc4c6ccc(-c7ccc8c(c7)sc7c9ccc(-c%10ccc(-c%11csc%12ccccc%11%12)cc%10)cc9sc87)cc6sc54)cc3)csc2c1. The number of thiophene rings is 6. The first-order valence-corrected chi connectivity index (χ1v) is 25.6. The van der Waals surface area contributed by atoms with Gasteiger partial charge in [-0.1, -0.05) is 133 Å². The van der Waals surface area contributed by atoms with Gasteiger partial charge in [-0.2, -0.15) is 0 Å². The van der Waals surface area contributed by atoms with Crippen LogP contribution in [0.15, 0.2) is 181 Å². The van der Waals surface area contributed by atoms with E-state index in [2.05, 4.69) is 181 Å². The molecular formula is C56H30S6. The lowest BCUT2D eigenvalue weighted by molar-refractivity contribution is 1.64. The first-order chi connectivity index (χ1) is 30.7. The van der Waals surface area contributed by atoms with Crippen LogP contribution in [0.1, 0.15) is 0 Å². The first kappa shape index (κ1) is 35.6. The molecule has 0 nitrogen and oxygen atoms in total. The highest BCUT2D eigenvalue weighted by Crippen LogP contribution is 2.49. The summed E-state index contributed by atoms with van der Waals surface area (Å²) in [6.07, 6.45) is 0. The van der Waals surface area contributed by atoms with E-state index in [0.29, 0.717) is 0 Å². The lowest BCUT2D eigenvalue weighted by Gasteiger charge is -2.05. The fourth-order valence-electron chi connectivity index (χ4n) is 9.32. The first-order valence-electron chi connectivity index (χ1n) is 20.6. The molecule has 62 heavy (non-hydrogen) atoms. The third kappa shape index (κ3) is 5.51. The minimum absolute atomic E-state index is 1.26. The molecule has 0 bridgehead atoms. The molecule has 8 aromatic carbocycles. The maximum atomic E-state index is 2.41. The van der Waals surface area contributed by atoms with Crippen molar-refractivity contribution >= 4 is 147 Å². The van der Waals surface area contributed by atoms with Gasteiger partial charge in [0.2, 0.25) is 0 Å². The van der Waals surface area contributed by atoms with Crippen LogP contribution in [0.2, 0.25) is 0 Å². The van der Waals surface area contributed by atoms with Crippen LogP contribution in [0.3, 0.4) is 0 Å². The van der Waals surface area contributed by atoms with Crippen molar-refractivity contribution in [2.45, 2.75) is 0 Å². The molecular weight excluding hydrogens is 865 g/mol. The molecule has 0 fully saturated rings. The molecule has 0 radical (unpaired) electrons. The summed E-state index contributed by atoms with van der Waals surface area (Å²) in [7, 11) is 0. The van der Waals surface area contributed by atoms with Gasteiger partial charge in [-0.05, 0) is 91.7 Å². The molecule has 290 valence electrons. The zero-order chi connectivity index (χ0) is 40.5. The van der Waals surface area contributed by atoms with Crippen molar-refractivity contribution in [2.24, 2.45) is 0 Å². The van der Waals surface area contributed by atoms with Crippen molar-refractivity contribution in [2.75, 3.05) is 0 Å². The number of rotatable bonds is 5. The van der Waals surface area contributed by atoms with Gasteiger partial charge in [0, 0.05) is 71.6 Å². The molecule has 0 N–H and O–H groups in total. The largest absolute Gasteiger partial charge is 0.143 e. The summed E-state index contributed by atoms with van der Waals surface area (Å²) in [6.45, 7) is 0. The Balaban J connectivity index is 0.746. The van der Waals surface area contributed by atoms with Crippen LogP contribution in [-0.4, -0.2) is 0 Å². The predicted octanol–water partition coefficient (Wildman–Crippen LogP) is 19.6. The van der Waals surface area contributed by atoms with Crippen LogP contribution >= 0.6 is 68.0 Å². The second-order valence-corrected chi connectivity index (χ2v) is 22.0. The number of hydrogen-bond acceptors (Lipinski definition) is 6. The Hall–Kier alpha value is -5.96. The molecule has 0 saturated heterocycles. The average Bonchev–Trinajstić information content (AvgIpc) is 4.19. The minimum atomic E-state index is 1.26. The lowest BCUT2D eigenvalue weighted by Crippen LogP contribution is -1.79. The molecule has 14 rings (SSSR count). The summed E-state index contributed by atoms with van der Waals surface area (Å²) in [6, 6.07) is 63.8. The summed E-state index contributed by atoms with van der Waals surface area (Å²) < 4.78 is 13.7. The fourth-order valence-corrected chi connectivity index (χ4v) is 16.7. The molecule has 6 heterocycles. The second-order valence-electron chi connectivity index (χ2n) is 16.0. The molecule has 0 atom stereocenters. The monoisotopic (exact) mass is 894 g/mol. The van der Waals surface area contributed by atoms with E-state index < -0.39 is 0 Å². The Morgan fingerprint density at radius 1 is 0.226 bits per heavy atom. The van der Waals surface area contributed by atoms with Gasteiger partial charge >= 0.3 is 0 Å². The van der Waals surface area contributed by atoms with E-state index in [0.717, 1.165) is 0 Å². The van der Waals surface area contributed by atoms with Gasteiger partial charge in [-0.3, -0.25) is 0 Å². The van der Waals surface area contributed by atoms with Crippen LogP contribution < -0.4 is 0 Å². The van der Waals surface area contributed by atoms with Crippen LogP contribution in [0, 0.1) is 0 Å². The van der Waals surface area contributed by atoms with E-state index in [1.807, 2.05) is 68.0 Å². The molecule has 0 aliphatic rings. The van der Waals surface area contributed by atoms with Gasteiger partial charge in [-0.15, -0.1) is 68.0 Å². The maximum Gasteiger partial charge on any atom is 0.0542 e. The highest BCUT2D eigenvalue weighted by Gasteiger charge is 2.17. The summed E-state index contributed by atoms with van der Waals surface area (Å²) in [4.78, 5) is 0. The van der Waals surface area contributed by atoms with Gasteiger partial charge in [-0.25, -0.2) is 0 Å². The quantitative estimate of drug-likeness (QED) is 0.161. The molecule has 6 aromatic heterocycles. The highest BCUT2D eigenvalue weighted by atomic mass is 32.1. The average molecular weight is 895 g/mol. The van der Waals surface area contributed by atoms with Crippen molar-refractivity contribution < 1.29 is 0 Å². The zero-order valence-corrected chi connectivity index (χ0v) is 37.7. The summed E-state index contributed by atoms with van der Waals surface area (Å²) in [5.41, 5.74) is 12.8. The Bertz CT molecular complexity index is 3820. The third-order valence-electron chi connectivity index (χ3n) is 12.5. The van der Waals surface area contributed by atoms with Gasteiger partial charge < -0.3 is 0 Å². The van der Waals surface area contributed by atoms with E-state index in [9.17, 15) is 0 Å². The van der Waals surface area contributed by atoms with Crippen LogP contribution in [0.5, 0.6) is 0 Å². The van der Waals surface area contributed by atoms with Crippen molar-refractivity contribution in [3.05, 3.63) is 181 Å². The normalized spacial score (nSPS) is 12.2. The van der Waals surface area contributed by atoms with Crippen LogP contribution in [0.25, 0.3) is 135 Å². The highest BCUT2D eigenvalue weighted by molar-refractivity contribution is 7.37. The Morgan fingerprint density at radius 2 is 0.516 bits per heavy atom. The predicted molar refractivity (Wildman–Crippen MR) is 281 cm³/mol. The summed E-state index contributed by atoms with van der Waals surface area (Å²) in [5.74, 6) is 0. The van der Waals surface area contributed by atoms with Crippen molar-refractivity contribution in [1.82, 2.24) is 0 Å². The van der Waals surface area contributed by atoms with E-state index in [1.54, 1.807) is 0 Å². The fraction of sp³-hybridized carbons (Fsp3) is 0. The van der Waals surface area contributed by atoms with E-state index in [4.69, 9.17) is 0 Å². The van der Waals surface area contributed by atoms with E-state index in [-0.39, 0.29) is 0 Å². The third-order valence-corrected chi connectivity index (χ3v) is 19.4. The number of hydrogen-bond donors (Lipinski definition) is 0. The van der Waals surface area contributed by atoms with Crippen molar-refractivity contribution in [3.63, 3.8) is 0 Å². The molecule has 0 spiro atoms. The Morgan fingerprint density at radius 3 is 0.871 bits per heavy atom. The van der Waals surface area contributed by atoms with Gasteiger partial charge in [0.15, 0.2) is 0 Å². The standard InChI is InChI=1S/C56H30S6/c1-3-7-47-39(5-1)45(29-57-47)33-13-9-31(10-14-33)35-17-21-41-49(25-35)59-55-43-23-19-37(27-51(43)61-53(41)55)38-20-24-44-52(28-38)62-54-42-22-18-36(26-50(42)60-56(44)54)32-11-15-34(16-12-32)46-30-58-48-8-4-2-6-40(46)48/h1-30H. The Kier molecular flexibility index (Phi) is 7.91. The summed E-state index contributed by atoms with van der Waals surface area (Å²) in [5, 5.41) is 12.7. The number of fused-ring (bicyclic) bond motifs is 12. The van der Waals surface area contributed by atoms with Crippen LogP contribution in [-0.2, 0) is 0 Å². The topological polar surface area (TPSA) is 0 Å². The summed E-state index contributed by atoms with van der Waals surface area (Å²) >= 11 is 11.4. The smallest absolute Gasteiger partial charge is 0.0542 e. The van der Waals surface area contributed by atoms with Crippen LogP contribution in [0.4, 0.5) is 0 Å².